The molecule has 136 valence electrons. The average molecular weight is 362 g/mol. The number of hydrogen-bond donors (Lipinski definition) is 1. The van der Waals surface area contributed by atoms with E-state index in [0.717, 1.165) is 35.2 Å². The molecular formula is C21H28ClNO2. The fraction of sp³-hybridized carbons (Fsp3) is 0.429. The summed E-state index contributed by atoms with van der Waals surface area (Å²) in [4.78, 5) is 0. The Morgan fingerprint density at radius 3 is 2.36 bits per heavy atom. The molecule has 3 nitrogen and oxygen atoms in total. The predicted molar refractivity (Wildman–Crippen MR) is 105 cm³/mol. The van der Waals surface area contributed by atoms with Gasteiger partial charge in [-0.15, -0.1) is 0 Å². The van der Waals surface area contributed by atoms with Crippen LogP contribution in [0.4, 0.5) is 0 Å². The number of benzene rings is 2. The van der Waals surface area contributed by atoms with Crippen molar-refractivity contribution in [2.75, 3.05) is 13.2 Å². The second-order valence-electron chi connectivity index (χ2n) is 6.01. The molecule has 0 aliphatic heterocycles. The molecule has 0 fully saturated rings. The quantitative estimate of drug-likeness (QED) is 0.528. The molecule has 25 heavy (non-hydrogen) atoms. The van der Waals surface area contributed by atoms with Crippen molar-refractivity contribution >= 4 is 11.6 Å². The van der Waals surface area contributed by atoms with Crippen molar-refractivity contribution in [3.63, 3.8) is 0 Å². The summed E-state index contributed by atoms with van der Waals surface area (Å²) in [6, 6.07) is 13.8. The van der Waals surface area contributed by atoms with Gasteiger partial charge in [-0.1, -0.05) is 49.6 Å². The van der Waals surface area contributed by atoms with E-state index in [1.807, 2.05) is 37.3 Å². The van der Waals surface area contributed by atoms with Crippen LogP contribution in [0.25, 0.3) is 0 Å². The highest BCUT2D eigenvalue weighted by atomic mass is 35.5. The maximum absolute atomic E-state index is 5.94. The summed E-state index contributed by atoms with van der Waals surface area (Å²) in [5, 5.41) is 4.21. The van der Waals surface area contributed by atoms with E-state index in [-0.39, 0.29) is 0 Å². The molecule has 0 heterocycles. The lowest BCUT2D eigenvalue weighted by Gasteiger charge is -2.14. The second kappa shape index (κ2) is 11.0. The predicted octanol–water partition coefficient (Wildman–Crippen LogP) is 5.60. The minimum Gasteiger partial charge on any atom is -0.490 e. The van der Waals surface area contributed by atoms with Gasteiger partial charge in [0.15, 0.2) is 11.5 Å². The lowest BCUT2D eigenvalue weighted by atomic mass is 10.2. The molecule has 4 heteroatoms. The molecule has 0 radical (unpaired) electrons. The molecule has 1 N–H and O–H groups in total. The van der Waals surface area contributed by atoms with Crippen molar-refractivity contribution in [1.29, 1.82) is 0 Å². The Bertz CT molecular complexity index is 628. The number of rotatable bonds is 11. The second-order valence-corrected chi connectivity index (χ2v) is 6.45. The Kier molecular flexibility index (Phi) is 8.64. The van der Waals surface area contributed by atoms with Crippen molar-refractivity contribution in [3.8, 4) is 11.5 Å². The standard InChI is InChI=1S/C21H28ClNO2/c1-3-5-6-13-23-15-18-9-12-20(21(14-18)24-4-2)25-16-17-7-10-19(22)11-8-17/h7-12,14,23H,3-6,13,15-16H2,1-2H3. The lowest BCUT2D eigenvalue weighted by Crippen LogP contribution is -2.14. The van der Waals surface area contributed by atoms with Crippen molar-refractivity contribution in [3.05, 3.63) is 58.6 Å². The molecule has 0 aliphatic rings. The third kappa shape index (κ3) is 6.97. The largest absolute Gasteiger partial charge is 0.490 e. The first-order chi connectivity index (χ1) is 12.2. The Labute approximate surface area is 156 Å². The minimum absolute atomic E-state index is 0.492. The first-order valence-corrected chi connectivity index (χ1v) is 9.44. The van der Waals surface area contributed by atoms with E-state index < -0.39 is 0 Å². The van der Waals surface area contributed by atoms with Crippen molar-refractivity contribution in [2.24, 2.45) is 0 Å². The van der Waals surface area contributed by atoms with Crippen molar-refractivity contribution < 1.29 is 9.47 Å². The molecule has 0 spiro atoms. The van der Waals surface area contributed by atoms with Crippen LogP contribution in [0.2, 0.25) is 5.02 Å². The summed E-state index contributed by atoms with van der Waals surface area (Å²) in [6.07, 6.45) is 3.74. The van der Waals surface area contributed by atoms with Gasteiger partial charge in [-0.3, -0.25) is 0 Å². The van der Waals surface area contributed by atoms with Crippen LogP contribution >= 0.6 is 11.6 Å². The number of nitrogens with one attached hydrogen (secondary N) is 1. The smallest absolute Gasteiger partial charge is 0.161 e. The highest BCUT2D eigenvalue weighted by molar-refractivity contribution is 6.30. The summed E-state index contributed by atoms with van der Waals surface area (Å²) in [5.41, 5.74) is 2.28. The number of ether oxygens (including phenoxy) is 2. The fourth-order valence-electron chi connectivity index (χ4n) is 2.52. The van der Waals surface area contributed by atoms with Crippen molar-refractivity contribution in [1.82, 2.24) is 5.32 Å². The fourth-order valence-corrected chi connectivity index (χ4v) is 2.65. The normalized spacial score (nSPS) is 10.7. The summed E-state index contributed by atoms with van der Waals surface area (Å²) >= 11 is 5.92. The van der Waals surface area contributed by atoms with Crippen LogP contribution in [-0.2, 0) is 13.2 Å². The number of hydrogen-bond acceptors (Lipinski definition) is 3. The number of halogens is 1. The van der Waals surface area contributed by atoms with Crippen LogP contribution in [0.3, 0.4) is 0 Å². The molecule has 0 aliphatic carbocycles. The SMILES string of the molecule is CCCCCNCc1ccc(OCc2ccc(Cl)cc2)c(OCC)c1. The lowest BCUT2D eigenvalue weighted by molar-refractivity contribution is 0.269. The zero-order chi connectivity index (χ0) is 17.9. The van der Waals surface area contributed by atoms with E-state index in [2.05, 4.69) is 24.4 Å². The monoisotopic (exact) mass is 361 g/mol. The van der Waals surface area contributed by atoms with Gasteiger partial charge in [0.05, 0.1) is 6.61 Å². The van der Waals surface area contributed by atoms with Gasteiger partial charge in [0, 0.05) is 11.6 Å². The summed E-state index contributed by atoms with van der Waals surface area (Å²) in [6.45, 7) is 7.21. The summed E-state index contributed by atoms with van der Waals surface area (Å²) < 4.78 is 11.7. The Morgan fingerprint density at radius 1 is 0.880 bits per heavy atom. The molecule has 2 aromatic rings. The van der Waals surface area contributed by atoms with Gasteiger partial charge in [-0.25, -0.2) is 0 Å². The molecule has 0 saturated heterocycles. The molecule has 0 atom stereocenters. The Morgan fingerprint density at radius 2 is 1.64 bits per heavy atom. The van der Waals surface area contributed by atoms with Gasteiger partial charge in [0.2, 0.25) is 0 Å². The van der Waals surface area contributed by atoms with Crippen LogP contribution in [0.1, 0.15) is 44.2 Å². The van der Waals surface area contributed by atoms with Crippen LogP contribution in [0, 0.1) is 0 Å². The minimum atomic E-state index is 0.492. The van der Waals surface area contributed by atoms with Crippen LogP contribution in [0.5, 0.6) is 11.5 Å². The third-order valence-corrected chi connectivity index (χ3v) is 4.15. The highest BCUT2D eigenvalue weighted by Crippen LogP contribution is 2.29. The molecule has 0 saturated carbocycles. The molecule has 0 unspecified atom stereocenters. The van der Waals surface area contributed by atoms with E-state index >= 15 is 0 Å². The first-order valence-electron chi connectivity index (χ1n) is 9.06. The summed E-state index contributed by atoms with van der Waals surface area (Å²) in [5.74, 6) is 1.57. The highest BCUT2D eigenvalue weighted by Gasteiger charge is 2.07. The maximum atomic E-state index is 5.94. The van der Waals surface area contributed by atoms with E-state index in [1.54, 1.807) is 0 Å². The zero-order valence-electron chi connectivity index (χ0n) is 15.2. The van der Waals surface area contributed by atoms with E-state index in [4.69, 9.17) is 21.1 Å². The Hall–Kier alpha value is -1.71. The average Bonchev–Trinajstić information content (AvgIpc) is 2.62. The molecule has 0 amide bonds. The summed E-state index contributed by atoms with van der Waals surface area (Å²) in [7, 11) is 0. The van der Waals surface area contributed by atoms with E-state index in [0.29, 0.717) is 13.2 Å². The molecular weight excluding hydrogens is 334 g/mol. The molecule has 2 rings (SSSR count). The van der Waals surface area contributed by atoms with E-state index in [1.165, 1.54) is 24.8 Å². The Balaban J connectivity index is 1.93. The van der Waals surface area contributed by atoms with Crippen LogP contribution in [0.15, 0.2) is 42.5 Å². The topological polar surface area (TPSA) is 30.5 Å². The maximum Gasteiger partial charge on any atom is 0.161 e. The van der Waals surface area contributed by atoms with Crippen molar-refractivity contribution in [2.45, 2.75) is 46.3 Å². The van der Waals surface area contributed by atoms with Gasteiger partial charge in [-0.2, -0.15) is 0 Å². The van der Waals surface area contributed by atoms with E-state index in [9.17, 15) is 0 Å². The number of unbranched alkanes of at least 4 members (excludes halogenated alkanes) is 2. The van der Waals surface area contributed by atoms with Gasteiger partial charge in [0.25, 0.3) is 0 Å². The van der Waals surface area contributed by atoms with Crippen LogP contribution < -0.4 is 14.8 Å². The van der Waals surface area contributed by atoms with Gasteiger partial charge in [-0.05, 0) is 55.3 Å². The zero-order valence-corrected chi connectivity index (χ0v) is 15.9. The molecule has 2 aromatic carbocycles. The third-order valence-electron chi connectivity index (χ3n) is 3.90. The first kappa shape index (κ1) is 19.6. The van der Waals surface area contributed by atoms with Gasteiger partial charge >= 0.3 is 0 Å². The van der Waals surface area contributed by atoms with Gasteiger partial charge in [0.1, 0.15) is 6.61 Å². The van der Waals surface area contributed by atoms with Gasteiger partial charge < -0.3 is 14.8 Å². The molecule has 0 bridgehead atoms. The molecule has 0 aromatic heterocycles. The van der Waals surface area contributed by atoms with Crippen LogP contribution in [-0.4, -0.2) is 13.2 Å².